The van der Waals surface area contributed by atoms with Gasteiger partial charge in [-0.3, -0.25) is 0 Å². The molecule has 40 heavy (non-hydrogen) atoms. The van der Waals surface area contributed by atoms with Gasteiger partial charge in [0.25, 0.3) is 0 Å². The first-order valence-corrected chi connectivity index (χ1v) is 14.1. The van der Waals surface area contributed by atoms with E-state index in [1.54, 1.807) is 18.2 Å². The molecular weight excluding hydrogens is 555 g/mol. The molecule has 3 aromatic rings. The van der Waals surface area contributed by atoms with Gasteiger partial charge in [0.2, 0.25) is 16.0 Å². The molecule has 14 heteroatoms. The number of nitrogens with zero attached hydrogens (tertiary/aromatic N) is 3. The topological polar surface area (TPSA) is 99.3 Å². The van der Waals surface area contributed by atoms with Gasteiger partial charge in [-0.2, -0.15) is 18.2 Å². The van der Waals surface area contributed by atoms with Crippen molar-refractivity contribution < 1.29 is 30.4 Å². The number of aromatic nitrogens is 2. The molecule has 1 saturated heterocycles. The predicted octanol–water partition coefficient (Wildman–Crippen LogP) is 5.20. The van der Waals surface area contributed by atoms with E-state index in [2.05, 4.69) is 25.3 Å². The van der Waals surface area contributed by atoms with E-state index in [-0.39, 0.29) is 23.3 Å². The van der Waals surface area contributed by atoms with Gasteiger partial charge in [-0.1, -0.05) is 12.1 Å². The Balaban J connectivity index is 1.25. The molecule has 0 bridgehead atoms. The highest BCUT2D eigenvalue weighted by Crippen LogP contribution is 2.23. The number of sulfonamides is 1. The third-order valence-corrected chi connectivity index (χ3v) is 7.91. The van der Waals surface area contributed by atoms with E-state index in [1.807, 2.05) is 4.90 Å². The van der Waals surface area contributed by atoms with Crippen molar-refractivity contribution in [3.05, 3.63) is 71.9 Å². The zero-order valence-electron chi connectivity index (χ0n) is 21.4. The molecule has 1 aromatic heterocycles. The number of nitrogens with one attached hydrogen (secondary N) is 3. The van der Waals surface area contributed by atoms with Crippen LogP contribution in [0.2, 0.25) is 0 Å². The fourth-order valence-corrected chi connectivity index (χ4v) is 5.57. The Morgan fingerprint density at radius 2 is 1.70 bits per heavy atom. The summed E-state index contributed by atoms with van der Waals surface area (Å²) in [6, 6.07) is 11.0. The van der Waals surface area contributed by atoms with E-state index in [0.29, 0.717) is 50.5 Å². The van der Waals surface area contributed by atoms with Crippen molar-refractivity contribution in [2.24, 2.45) is 0 Å². The molecule has 0 aliphatic carbocycles. The Hall–Kier alpha value is -3.36. The minimum absolute atomic E-state index is 0.0345. The normalized spacial score (nSPS) is 15.2. The number of rotatable bonds is 11. The highest BCUT2D eigenvalue weighted by atomic mass is 32.2. The van der Waals surface area contributed by atoms with Crippen molar-refractivity contribution in [1.29, 1.82) is 0 Å². The molecule has 0 atom stereocenters. The summed E-state index contributed by atoms with van der Waals surface area (Å²) >= 11 is 0. The summed E-state index contributed by atoms with van der Waals surface area (Å²) < 4.78 is 92.0. The maximum atomic E-state index is 13.4. The van der Waals surface area contributed by atoms with Crippen molar-refractivity contribution in [3.63, 3.8) is 0 Å². The average molecular weight is 585 g/mol. The third-order valence-electron chi connectivity index (χ3n) is 6.38. The van der Waals surface area contributed by atoms with Crippen molar-refractivity contribution in [3.8, 4) is 0 Å². The zero-order chi connectivity index (χ0) is 28.8. The Labute approximate surface area is 229 Å². The molecule has 0 radical (unpaired) electrons. The largest absolute Gasteiger partial charge is 0.389 e. The standard InChI is InChI=1S/C26H29F5N6O2S/c27-22-7-4-20(16-23(22)28)34-24-8-12-32-25(35-24)33-17-18-2-5-21(6-3-18)40(38,39)36-19-9-14-37(15-10-19)13-1-11-26(29,30)31/h2-8,12,16,19,36H,1,9-11,13-15,17H2,(H2,32,33,34,35). The van der Waals surface area contributed by atoms with Crippen LogP contribution >= 0.6 is 0 Å². The molecule has 4 rings (SSSR count). The number of alkyl halides is 3. The van der Waals surface area contributed by atoms with E-state index in [1.165, 1.54) is 24.4 Å². The lowest BCUT2D eigenvalue weighted by molar-refractivity contribution is -0.136. The molecule has 1 aliphatic heterocycles. The molecule has 1 fully saturated rings. The number of likely N-dealkylation sites (tertiary alicyclic amines) is 1. The fraction of sp³-hybridized carbons (Fsp3) is 0.385. The van der Waals surface area contributed by atoms with Gasteiger partial charge in [-0.15, -0.1) is 0 Å². The summed E-state index contributed by atoms with van der Waals surface area (Å²) in [5.41, 5.74) is 1.09. The van der Waals surface area contributed by atoms with Crippen molar-refractivity contribution in [1.82, 2.24) is 19.6 Å². The van der Waals surface area contributed by atoms with Gasteiger partial charge < -0.3 is 15.5 Å². The lowest BCUT2D eigenvalue weighted by Crippen LogP contribution is -2.44. The molecule has 0 saturated carbocycles. The van der Waals surface area contributed by atoms with E-state index in [4.69, 9.17) is 0 Å². The van der Waals surface area contributed by atoms with Gasteiger partial charge in [0.05, 0.1) is 4.90 Å². The van der Waals surface area contributed by atoms with Crippen LogP contribution in [0, 0.1) is 11.6 Å². The summed E-state index contributed by atoms with van der Waals surface area (Å²) in [5.74, 6) is -1.30. The predicted molar refractivity (Wildman–Crippen MR) is 141 cm³/mol. The van der Waals surface area contributed by atoms with Gasteiger partial charge in [-0.25, -0.2) is 26.9 Å². The molecule has 216 valence electrons. The molecule has 0 spiro atoms. The van der Waals surface area contributed by atoms with E-state index >= 15 is 0 Å². The number of anilines is 3. The number of hydrogen-bond donors (Lipinski definition) is 3. The van der Waals surface area contributed by atoms with Crippen LogP contribution < -0.4 is 15.4 Å². The van der Waals surface area contributed by atoms with Crippen LogP contribution in [0.4, 0.5) is 39.4 Å². The Bertz CT molecular complexity index is 1380. The SMILES string of the molecule is O=S(=O)(NC1CCN(CCCC(F)(F)F)CC1)c1ccc(CNc2nccc(Nc3ccc(F)c(F)c3)n2)cc1. The smallest absolute Gasteiger partial charge is 0.350 e. The molecule has 2 heterocycles. The monoisotopic (exact) mass is 584 g/mol. The zero-order valence-corrected chi connectivity index (χ0v) is 22.2. The maximum absolute atomic E-state index is 13.4. The first-order valence-electron chi connectivity index (χ1n) is 12.7. The number of piperidine rings is 1. The summed E-state index contributed by atoms with van der Waals surface area (Å²) in [4.78, 5) is 10.4. The minimum atomic E-state index is -4.16. The van der Waals surface area contributed by atoms with Crippen molar-refractivity contribution in [2.75, 3.05) is 30.3 Å². The second-order valence-corrected chi connectivity index (χ2v) is 11.2. The summed E-state index contributed by atoms with van der Waals surface area (Å²) in [6.07, 6.45) is -2.40. The van der Waals surface area contributed by atoms with Gasteiger partial charge in [0.1, 0.15) is 5.82 Å². The second kappa shape index (κ2) is 12.9. The summed E-state index contributed by atoms with van der Waals surface area (Å²) in [7, 11) is -3.76. The first-order chi connectivity index (χ1) is 19.0. The van der Waals surface area contributed by atoms with Crippen molar-refractivity contribution >= 4 is 27.5 Å². The van der Waals surface area contributed by atoms with E-state index < -0.39 is 34.3 Å². The highest BCUT2D eigenvalue weighted by molar-refractivity contribution is 7.89. The Morgan fingerprint density at radius 3 is 2.38 bits per heavy atom. The quantitative estimate of drug-likeness (QED) is 0.267. The fourth-order valence-electron chi connectivity index (χ4n) is 4.27. The van der Waals surface area contributed by atoms with E-state index in [0.717, 1.165) is 17.7 Å². The van der Waals surface area contributed by atoms with Crippen LogP contribution in [0.25, 0.3) is 0 Å². The lowest BCUT2D eigenvalue weighted by atomic mass is 10.1. The second-order valence-electron chi connectivity index (χ2n) is 9.47. The highest BCUT2D eigenvalue weighted by Gasteiger charge is 2.28. The van der Waals surface area contributed by atoms with Gasteiger partial charge in [0, 0.05) is 37.0 Å². The van der Waals surface area contributed by atoms with E-state index in [9.17, 15) is 30.4 Å². The maximum Gasteiger partial charge on any atom is 0.389 e. The first kappa shape index (κ1) is 29.6. The van der Waals surface area contributed by atoms with Crippen LogP contribution in [0.3, 0.4) is 0 Å². The average Bonchev–Trinajstić information content (AvgIpc) is 2.90. The molecule has 1 aliphatic rings. The lowest BCUT2D eigenvalue weighted by Gasteiger charge is -2.32. The molecule has 0 unspecified atom stereocenters. The van der Waals surface area contributed by atoms with Gasteiger partial charge in [0.15, 0.2) is 11.6 Å². The van der Waals surface area contributed by atoms with Crippen LogP contribution in [-0.2, 0) is 16.6 Å². The third kappa shape index (κ3) is 8.83. The van der Waals surface area contributed by atoms with Crippen LogP contribution in [0.15, 0.2) is 59.6 Å². The Morgan fingerprint density at radius 1 is 0.975 bits per heavy atom. The molecule has 0 amide bonds. The molecular formula is C26H29F5N6O2S. The molecule has 8 nitrogen and oxygen atoms in total. The number of hydrogen-bond acceptors (Lipinski definition) is 7. The van der Waals surface area contributed by atoms with Crippen LogP contribution in [0.1, 0.15) is 31.2 Å². The van der Waals surface area contributed by atoms with Gasteiger partial charge >= 0.3 is 6.18 Å². The Kier molecular flexibility index (Phi) is 9.53. The van der Waals surface area contributed by atoms with Crippen LogP contribution in [0.5, 0.6) is 0 Å². The summed E-state index contributed by atoms with van der Waals surface area (Å²) in [6.45, 7) is 1.72. The number of halogens is 5. The van der Waals surface area contributed by atoms with Crippen molar-refractivity contribution in [2.45, 2.75) is 49.3 Å². The van der Waals surface area contributed by atoms with Crippen LogP contribution in [-0.4, -0.2) is 55.1 Å². The van der Waals surface area contributed by atoms with Gasteiger partial charge in [-0.05, 0) is 74.8 Å². The summed E-state index contributed by atoms with van der Waals surface area (Å²) in [5, 5.41) is 5.90. The minimum Gasteiger partial charge on any atom is -0.350 e. The molecule has 2 aromatic carbocycles. The molecule has 3 N–H and O–H groups in total. The number of benzene rings is 2.